The molecule has 0 spiro atoms. The topological polar surface area (TPSA) is 12.0 Å². The number of rotatable bonds is 6. The second kappa shape index (κ2) is 7.10. The molecule has 0 fully saturated rings. The summed E-state index contributed by atoms with van der Waals surface area (Å²) in [5.74, 6) is 0. The largest absolute Gasteiger partial charge is 0.313 e. The molecule has 100 valence electrons. The molecule has 0 aliphatic carbocycles. The minimum absolute atomic E-state index is 0.437. The van der Waals surface area contributed by atoms with E-state index in [1.165, 1.54) is 16.7 Å². The van der Waals surface area contributed by atoms with Crippen LogP contribution in [-0.2, 0) is 12.8 Å². The van der Waals surface area contributed by atoms with E-state index in [1.807, 2.05) is 7.05 Å². The lowest BCUT2D eigenvalue weighted by atomic mass is 9.98. The normalized spacial score (nSPS) is 12.3. The molecule has 0 saturated heterocycles. The van der Waals surface area contributed by atoms with E-state index in [1.54, 1.807) is 0 Å². The summed E-state index contributed by atoms with van der Waals surface area (Å²) < 4.78 is 0. The van der Waals surface area contributed by atoms with Gasteiger partial charge in [-0.2, -0.15) is 0 Å². The summed E-state index contributed by atoms with van der Waals surface area (Å²) in [7, 11) is 2.04. The third-order valence-electron chi connectivity index (χ3n) is 3.67. The van der Waals surface area contributed by atoms with Crippen LogP contribution in [0, 0.1) is 0 Å². The van der Waals surface area contributed by atoms with Crippen LogP contribution in [0.3, 0.4) is 0 Å². The van der Waals surface area contributed by atoms with Gasteiger partial charge in [-0.05, 0) is 43.0 Å². The van der Waals surface area contributed by atoms with Crippen molar-refractivity contribution >= 4 is 0 Å². The molecule has 0 amide bonds. The quantitative estimate of drug-likeness (QED) is 0.815. The van der Waals surface area contributed by atoms with E-state index in [0.29, 0.717) is 6.04 Å². The predicted molar refractivity (Wildman–Crippen MR) is 82.4 cm³/mol. The van der Waals surface area contributed by atoms with Crippen molar-refractivity contribution in [1.29, 1.82) is 0 Å². The Balaban J connectivity index is 2.00. The van der Waals surface area contributed by atoms with E-state index in [4.69, 9.17) is 0 Å². The first kappa shape index (κ1) is 13.8. The smallest absolute Gasteiger partial charge is 0.0320 e. The third kappa shape index (κ3) is 3.93. The van der Waals surface area contributed by atoms with Crippen LogP contribution >= 0.6 is 0 Å². The van der Waals surface area contributed by atoms with Crippen LogP contribution in [0.1, 0.15) is 36.1 Å². The van der Waals surface area contributed by atoms with Crippen molar-refractivity contribution in [3.05, 3.63) is 71.3 Å². The molecular formula is C18H23N. The number of aryl methyl sites for hydroxylation is 2. The van der Waals surface area contributed by atoms with Gasteiger partial charge in [-0.3, -0.25) is 0 Å². The molecule has 1 N–H and O–H groups in total. The molecular weight excluding hydrogens is 230 g/mol. The number of benzene rings is 2. The van der Waals surface area contributed by atoms with Crippen molar-refractivity contribution in [3.63, 3.8) is 0 Å². The highest BCUT2D eigenvalue weighted by Gasteiger charge is 2.08. The summed E-state index contributed by atoms with van der Waals surface area (Å²) in [5.41, 5.74) is 4.24. The van der Waals surface area contributed by atoms with Crippen molar-refractivity contribution < 1.29 is 0 Å². The van der Waals surface area contributed by atoms with Crippen LogP contribution in [0.5, 0.6) is 0 Å². The van der Waals surface area contributed by atoms with Gasteiger partial charge in [0.1, 0.15) is 0 Å². The lowest BCUT2D eigenvalue weighted by Gasteiger charge is -2.16. The van der Waals surface area contributed by atoms with Crippen LogP contribution < -0.4 is 5.32 Å². The average molecular weight is 253 g/mol. The van der Waals surface area contributed by atoms with Crippen molar-refractivity contribution in [2.75, 3.05) is 7.05 Å². The highest BCUT2D eigenvalue weighted by molar-refractivity contribution is 5.24. The zero-order chi connectivity index (χ0) is 13.5. The molecule has 2 aromatic rings. The summed E-state index contributed by atoms with van der Waals surface area (Å²) in [6, 6.07) is 20.1. The van der Waals surface area contributed by atoms with Crippen molar-refractivity contribution in [2.24, 2.45) is 0 Å². The van der Waals surface area contributed by atoms with Gasteiger partial charge in [0, 0.05) is 6.04 Å². The predicted octanol–water partition coefficient (Wildman–Crippen LogP) is 4.14. The number of nitrogens with one attached hydrogen (secondary N) is 1. The van der Waals surface area contributed by atoms with Gasteiger partial charge < -0.3 is 5.32 Å². The van der Waals surface area contributed by atoms with E-state index in [0.717, 1.165) is 19.3 Å². The van der Waals surface area contributed by atoms with E-state index in [9.17, 15) is 0 Å². The Kier molecular flexibility index (Phi) is 5.17. The minimum Gasteiger partial charge on any atom is -0.313 e. The van der Waals surface area contributed by atoms with E-state index in [2.05, 4.69) is 66.8 Å². The van der Waals surface area contributed by atoms with Gasteiger partial charge in [0.05, 0.1) is 0 Å². The lowest BCUT2D eigenvalue weighted by molar-refractivity contribution is 0.549. The fourth-order valence-corrected chi connectivity index (χ4v) is 2.48. The van der Waals surface area contributed by atoms with Gasteiger partial charge in [-0.25, -0.2) is 0 Å². The molecule has 1 unspecified atom stereocenters. The molecule has 19 heavy (non-hydrogen) atoms. The molecule has 0 aliphatic heterocycles. The third-order valence-corrected chi connectivity index (χ3v) is 3.67. The van der Waals surface area contributed by atoms with Gasteiger partial charge in [0.15, 0.2) is 0 Å². The van der Waals surface area contributed by atoms with Crippen LogP contribution in [0.4, 0.5) is 0 Å². The van der Waals surface area contributed by atoms with Gasteiger partial charge >= 0.3 is 0 Å². The summed E-state index contributed by atoms with van der Waals surface area (Å²) in [4.78, 5) is 0. The van der Waals surface area contributed by atoms with Crippen molar-refractivity contribution in [1.82, 2.24) is 5.32 Å². The lowest BCUT2D eigenvalue weighted by Crippen LogP contribution is -2.17. The second-order valence-electron chi connectivity index (χ2n) is 4.96. The highest BCUT2D eigenvalue weighted by Crippen LogP contribution is 2.19. The second-order valence-corrected chi connectivity index (χ2v) is 4.96. The van der Waals surface area contributed by atoms with Crippen LogP contribution in [0.25, 0.3) is 0 Å². The van der Waals surface area contributed by atoms with Gasteiger partial charge in [-0.15, -0.1) is 0 Å². The fraction of sp³-hybridized carbons (Fsp3) is 0.333. The van der Waals surface area contributed by atoms with E-state index in [-0.39, 0.29) is 0 Å². The molecule has 2 rings (SSSR count). The monoisotopic (exact) mass is 253 g/mol. The van der Waals surface area contributed by atoms with Gasteiger partial charge in [0.25, 0.3) is 0 Å². The maximum atomic E-state index is 3.42. The molecule has 1 heteroatoms. The van der Waals surface area contributed by atoms with Crippen molar-refractivity contribution in [2.45, 2.75) is 32.2 Å². The van der Waals surface area contributed by atoms with Gasteiger partial charge in [0.2, 0.25) is 0 Å². The Hall–Kier alpha value is -1.60. The summed E-state index contributed by atoms with van der Waals surface area (Å²) >= 11 is 0. The first-order valence-corrected chi connectivity index (χ1v) is 7.13. The maximum Gasteiger partial charge on any atom is 0.0320 e. The minimum atomic E-state index is 0.437. The molecule has 0 bridgehead atoms. The molecule has 0 radical (unpaired) electrons. The standard InChI is InChI=1S/C18H23N/c1-3-15-8-7-9-16(14-15)12-13-18(19-2)17-10-5-4-6-11-17/h4-11,14,18-19H,3,12-13H2,1-2H3. The Morgan fingerprint density at radius 1 is 0.947 bits per heavy atom. The summed E-state index contributed by atoms with van der Waals surface area (Å²) in [6.45, 7) is 2.21. The van der Waals surface area contributed by atoms with Gasteiger partial charge in [-0.1, -0.05) is 61.5 Å². The first-order valence-electron chi connectivity index (χ1n) is 7.13. The summed E-state index contributed by atoms with van der Waals surface area (Å²) in [6.07, 6.45) is 3.36. The zero-order valence-electron chi connectivity index (χ0n) is 11.9. The number of hydrogen-bond donors (Lipinski definition) is 1. The van der Waals surface area contributed by atoms with Crippen molar-refractivity contribution in [3.8, 4) is 0 Å². The van der Waals surface area contributed by atoms with E-state index < -0.39 is 0 Å². The Morgan fingerprint density at radius 3 is 2.37 bits per heavy atom. The zero-order valence-corrected chi connectivity index (χ0v) is 11.9. The van der Waals surface area contributed by atoms with Crippen LogP contribution in [0.15, 0.2) is 54.6 Å². The SMILES string of the molecule is CCc1cccc(CCC(NC)c2ccccc2)c1. The Labute approximate surface area is 116 Å². The molecule has 0 aliphatic rings. The molecule has 0 heterocycles. The Bertz CT molecular complexity index is 490. The van der Waals surface area contributed by atoms with Crippen LogP contribution in [-0.4, -0.2) is 7.05 Å². The molecule has 0 saturated carbocycles. The molecule has 2 aromatic carbocycles. The fourth-order valence-electron chi connectivity index (χ4n) is 2.48. The molecule has 0 aromatic heterocycles. The Morgan fingerprint density at radius 2 is 1.68 bits per heavy atom. The van der Waals surface area contributed by atoms with Crippen LogP contribution in [0.2, 0.25) is 0 Å². The highest BCUT2D eigenvalue weighted by atomic mass is 14.9. The maximum absolute atomic E-state index is 3.42. The van der Waals surface area contributed by atoms with E-state index >= 15 is 0 Å². The molecule has 1 atom stereocenters. The molecule has 1 nitrogen and oxygen atoms in total. The number of hydrogen-bond acceptors (Lipinski definition) is 1. The summed E-state index contributed by atoms with van der Waals surface area (Å²) in [5, 5.41) is 3.42. The average Bonchev–Trinajstić information content (AvgIpc) is 2.49. The first-order chi connectivity index (χ1) is 9.33.